The third-order valence-corrected chi connectivity index (χ3v) is 5.76. The minimum atomic E-state index is 0.605. The Balaban J connectivity index is 1.56. The maximum Gasteiger partial charge on any atom is 0.199 e. The van der Waals surface area contributed by atoms with Crippen molar-refractivity contribution in [2.75, 3.05) is 7.11 Å². The van der Waals surface area contributed by atoms with Gasteiger partial charge in [0.15, 0.2) is 10.6 Å². The average Bonchev–Trinajstić information content (AvgIpc) is 3.52. The lowest BCUT2D eigenvalue weighted by Crippen LogP contribution is -2.29. The maximum absolute atomic E-state index is 5.68. The van der Waals surface area contributed by atoms with E-state index in [1.165, 1.54) is 24.0 Å². The van der Waals surface area contributed by atoms with Gasteiger partial charge in [-0.25, -0.2) is 4.68 Å². The largest absolute Gasteiger partial charge is 0.497 e. The van der Waals surface area contributed by atoms with Crippen molar-refractivity contribution in [1.82, 2.24) is 19.2 Å². The molecule has 0 saturated heterocycles. The summed E-state index contributed by atoms with van der Waals surface area (Å²) in [5.74, 6) is 1.79. The van der Waals surface area contributed by atoms with Crippen molar-refractivity contribution in [3.63, 3.8) is 0 Å². The number of aromatic nitrogens is 3. The van der Waals surface area contributed by atoms with Gasteiger partial charge in [0.25, 0.3) is 0 Å². The first-order chi connectivity index (χ1) is 13.5. The van der Waals surface area contributed by atoms with Crippen LogP contribution < -0.4 is 4.74 Å². The average molecular weight is 395 g/mol. The van der Waals surface area contributed by atoms with Gasteiger partial charge in [-0.3, -0.25) is 4.90 Å². The Morgan fingerprint density at radius 2 is 1.79 bits per heavy atom. The van der Waals surface area contributed by atoms with E-state index in [2.05, 4.69) is 48.2 Å². The second-order valence-corrected chi connectivity index (χ2v) is 7.86. The molecule has 0 atom stereocenters. The lowest BCUT2D eigenvalue weighted by molar-refractivity contribution is 0.186. The Morgan fingerprint density at radius 3 is 2.39 bits per heavy atom. The monoisotopic (exact) mass is 394 g/mol. The van der Waals surface area contributed by atoms with Gasteiger partial charge in [0.2, 0.25) is 0 Å². The predicted molar refractivity (Wildman–Crippen MR) is 114 cm³/mol. The van der Waals surface area contributed by atoms with Gasteiger partial charge in [0, 0.05) is 25.2 Å². The molecule has 146 valence electrons. The van der Waals surface area contributed by atoms with E-state index in [1.54, 1.807) is 7.11 Å². The fourth-order valence-electron chi connectivity index (χ4n) is 3.41. The molecule has 4 rings (SSSR count). The summed E-state index contributed by atoms with van der Waals surface area (Å²) in [7, 11) is 3.69. The molecule has 0 N–H and O–H groups in total. The highest BCUT2D eigenvalue weighted by molar-refractivity contribution is 7.71. The zero-order chi connectivity index (χ0) is 19.7. The smallest absolute Gasteiger partial charge is 0.199 e. The highest BCUT2D eigenvalue weighted by Gasteiger charge is 2.29. The number of nitrogens with zero attached hydrogens (tertiary/aromatic N) is 4. The molecule has 1 aromatic heterocycles. The Bertz CT molecular complexity index is 1000. The molecule has 2 aromatic carbocycles. The van der Waals surface area contributed by atoms with Crippen molar-refractivity contribution in [1.29, 1.82) is 0 Å². The first-order valence-corrected chi connectivity index (χ1v) is 10.0. The molecule has 0 aliphatic heterocycles. The Kier molecular flexibility index (Phi) is 5.33. The Labute approximate surface area is 171 Å². The number of hydrogen-bond acceptors (Lipinski definition) is 4. The summed E-state index contributed by atoms with van der Waals surface area (Å²) in [5.41, 5.74) is 3.60. The van der Waals surface area contributed by atoms with Crippen LogP contribution in [0.2, 0.25) is 0 Å². The zero-order valence-corrected chi connectivity index (χ0v) is 17.4. The molecule has 1 heterocycles. The van der Waals surface area contributed by atoms with Gasteiger partial charge >= 0.3 is 0 Å². The molecule has 0 unspecified atom stereocenters. The second-order valence-electron chi connectivity index (χ2n) is 7.50. The normalized spacial score (nSPS) is 13.9. The van der Waals surface area contributed by atoms with Crippen LogP contribution in [-0.4, -0.2) is 32.4 Å². The first-order valence-electron chi connectivity index (χ1n) is 9.63. The van der Waals surface area contributed by atoms with E-state index in [4.69, 9.17) is 22.1 Å². The van der Waals surface area contributed by atoms with E-state index in [0.29, 0.717) is 12.7 Å². The van der Waals surface area contributed by atoms with E-state index in [9.17, 15) is 0 Å². The summed E-state index contributed by atoms with van der Waals surface area (Å²) >= 11 is 5.68. The summed E-state index contributed by atoms with van der Waals surface area (Å²) in [6, 6.07) is 17.3. The van der Waals surface area contributed by atoms with Crippen LogP contribution in [0.15, 0.2) is 48.5 Å². The summed E-state index contributed by atoms with van der Waals surface area (Å²) in [4.78, 5) is 2.46. The topological polar surface area (TPSA) is 35.2 Å². The van der Waals surface area contributed by atoms with E-state index in [-0.39, 0.29) is 0 Å². The maximum atomic E-state index is 5.68. The summed E-state index contributed by atoms with van der Waals surface area (Å²) in [6.07, 6.45) is 2.47. The molecule has 5 nitrogen and oxygen atoms in total. The van der Waals surface area contributed by atoms with Crippen molar-refractivity contribution in [2.24, 2.45) is 7.05 Å². The van der Waals surface area contributed by atoms with Crippen molar-refractivity contribution in [2.45, 2.75) is 39.0 Å². The Hall–Kier alpha value is -2.44. The zero-order valence-electron chi connectivity index (χ0n) is 16.6. The second kappa shape index (κ2) is 7.89. The molecule has 28 heavy (non-hydrogen) atoms. The number of methoxy groups -OCH3 is 1. The van der Waals surface area contributed by atoms with Crippen LogP contribution in [0.5, 0.6) is 5.75 Å². The standard InChI is InChI=1S/C22H26N4OS/c1-16-4-8-18(9-5-16)21-23-26(22(28)24(21)2)15-25(19-10-11-19)14-17-6-12-20(27-3)13-7-17/h4-9,12-13,19H,10-11,14-15H2,1-3H3. The van der Waals surface area contributed by atoms with Crippen LogP contribution in [-0.2, 0) is 20.3 Å². The van der Waals surface area contributed by atoms with Crippen LogP contribution in [0, 0.1) is 11.7 Å². The quantitative estimate of drug-likeness (QED) is 0.551. The molecular weight excluding hydrogens is 368 g/mol. The van der Waals surface area contributed by atoms with E-state index in [1.807, 2.05) is 28.4 Å². The van der Waals surface area contributed by atoms with E-state index in [0.717, 1.165) is 28.5 Å². The van der Waals surface area contributed by atoms with E-state index < -0.39 is 0 Å². The third-order valence-electron chi connectivity index (χ3n) is 5.27. The van der Waals surface area contributed by atoms with Crippen LogP contribution in [0.25, 0.3) is 11.4 Å². The summed E-state index contributed by atoms with van der Waals surface area (Å²) in [5, 5.41) is 4.84. The fourth-order valence-corrected chi connectivity index (χ4v) is 3.59. The lowest BCUT2D eigenvalue weighted by Gasteiger charge is -2.22. The highest BCUT2D eigenvalue weighted by Crippen LogP contribution is 2.29. The van der Waals surface area contributed by atoms with Crippen LogP contribution in [0.4, 0.5) is 0 Å². The number of aryl methyl sites for hydroxylation is 1. The lowest BCUT2D eigenvalue weighted by atomic mass is 10.1. The van der Waals surface area contributed by atoms with Crippen molar-refractivity contribution in [3.8, 4) is 17.1 Å². The van der Waals surface area contributed by atoms with Gasteiger partial charge in [-0.05, 0) is 49.7 Å². The number of rotatable bonds is 7. The van der Waals surface area contributed by atoms with E-state index >= 15 is 0 Å². The van der Waals surface area contributed by atoms with Gasteiger partial charge in [-0.2, -0.15) is 5.10 Å². The molecule has 1 fully saturated rings. The van der Waals surface area contributed by atoms with Gasteiger partial charge in [-0.15, -0.1) is 0 Å². The van der Waals surface area contributed by atoms with Crippen molar-refractivity contribution < 1.29 is 4.74 Å². The van der Waals surface area contributed by atoms with Crippen LogP contribution in [0.3, 0.4) is 0 Å². The molecular formula is C22H26N4OS. The van der Waals surface area contributed by atoms with Gasteiger partial charge in [0.1, 0.15) is 5.75 Å². The molecule has 6 heteroatoms. The number of benzene rings is 2. The highest BCUT2D eigenvalue weighted by atomic mass is 32.1. The molecule has 1 saturated carbocycles. The molecule has 0 bridgehead atoms. The van der Waals surface area contributed by atoms with Crippen LogP contribution >= 0.6 is 12.2 Å². The predicted octanol–water partition coefficient (Wildman–Crippen LogP) is 4.56. The van der Waals surface area contributed by atoms with Crippen molar-refractivity contribution >= 4 is 12.2 Å². The fraction of sp³-hybridized carbons (Fsp3) is 0.364. The molecule has 0 spiro atoms. The third kappa shape index (κ3) is 4.03. The first kappa shape index (κ1) is 18.9. The summed E-state index contributed by atoms with van der Waals surface area (Å²) < 4.78 is 9.96. The molecule has 1 aliphatic carbocycles. The summed E-state index contributed by atoms with van der Waals surface area (Å²) in [6.45, 7) is 3.68. The number of hydrogen-bond donors (Lipinski definition) is 0. The molecule has 0 radical (unpaired) electrons. The molecule has 3 aromatic rings. The van der Waals surface area contributed by atoms with Gasteiger partial charge < -0.3 is 9.30 Å². The van der Waals surface area contributed by atoms with Crippen LogP contribution in [0.1, 0.15) is 24.0 Å². The number of ether oxygens (including phenoxy) is 1. The van der Waals surface area contributed by atoms with Crippen molar-refractivity contribution in [3.05, 3.63) is 64.4 Å². The minimum absolute atomic E-state index is 0.605. The molecule has 0 amide bonds. The van der Waals surface area contributed by atoms with Gasteiger partial charge in [-0.1, -0.05) is 42.0 Å². The molecule has 1 aliphatic rings. The SMILES string of the molecule is COc1ccc(CN(Cn2nc(-c3ccc(C)cc3)n(C)c2=S)C2CC2)cc1. The van der Waals surface area contributed by atoms with Gasteiger partial charge in [0.05, 0.1) is 13.8 Å². The minimum Gasteiger partial charge on any atom is -0.497 e. The Morgan fingerprint density at radius 1 is 1.11 bits per heavy atom.